The van der Waals surface area contributed by atoms with Gasteiger partial charge >= 0.3 is 0 Å². The second-order valence-electron chi connectivity index (χ2n) is 5.64. The topological polar surface area (TPSA) is 60.9 Å². The number of carbonyl (C=O) groups excluding carboxylic acids is 1. The number of benzene rings is 1. The SMILES string of the molecule is CCCC(N)CC(=O)Cc1nc2ccccc2n1CCC. The van der Waals surface area contributed by atoms with Gasteiger partial charge in [-0.1, -0.05) is 32.4 Å². The van der Waals surface area contributed by atoms with Gasteiger partial charge in [0.15, 0.2) is 0 Å². The number of ketones is 1. The summed E-state index contributed by atoms with van der Waals surface area (Å²) in [5.74, 6) is 1.05. The second kappa shape index (κ2) is 7.36. The van der Waals surface area contributed by atoms with Gasteiger partial charge in [-0.05, 0) is 25.0 Å². The summed E-state index contributed by atoms with van der Waals surface area (Å²) in [6, 6.07) is 8.03. The lowest BCUT2D eigenvalue weighted by Crippen LogP contribution is -2.25. The van der Waals surface area contributed by atoms with Crippen LogP contribution in [0, 0.1) is 0 Å². The largest absolute Gasteiger partial charge is 0.328 e. The highest BCUT2D eigenvalue weighted by atomic mass is 16.1. The van der Waals surface area contributed by atoms with Gasteiger partial charge in [0.05, 0.1) is 17.5 Å². The van der Waals surface area contributed by atoms with Crippen LogP contribution in [0.15, 0.2) is 24.3 Å². The van der Waals surface area contributed by atoms with Crippen molar-refractivity contribution in [2.24, 2.45) is 5.73 Å². The predicted molar refractivity (Wildman–Crippen MR) is 86.2 cm³/mol. The standard InChI is InChI=1S/C17H25N3O/c1-3-7-13(18)11-14(21)12-17-19-15-8-5-6-9-16(15)20(17)10-4-2/h5-6,8-9,13H,3-4,7,10-12,18H2,1-2H3. The molecule has 1 aromatic carbocycles. The van der Waals surface area contributed by atoms with Gasteiger partial charge in [-0.2, -0.15) is 0 Å². The van der Waals surface area contributed by atoms with E-state index in [0.717, 1.165) is 42.7 Å². The molecule has 0 aliphatic rings. The average Bonchev–Trinajstić information content (AvgIpc) is 2.77. The highest BCUT2D eigenvalue weighted by Gasteiger charge is 2.15. The Morgan fingerprint density at radius 2 is 2.05 bits per heavy atom. The zero-order valence-electron chi connectivity index (χ0n) is 13.0. The Hall–Kier alpha value is -1.68. The van der Waals surface area contributed by atoms with Crippen LogP contribution in [0.5, 0.6) is 0 Å². The Labute approximate surface area is 126 Å². The van der Waals surface area contributed by atoms with Crippen molar-refractivity contribution in [1.82, 2.24) is 9.55 Å². The quantitative estimate of drug-likeness (QED) is 0.811. The Morgan fingerprint density at radius 3 is 2.76 bits per heavy atom. The fraction of sp³-hybridized carbons (Fsp3) is 0.529. The van der Waals surface area contributed by atoms with Crippen LogP contribution in [0.4, 0.5) is 0 Å². The summed E-state index contributed by atoms with van der Waals surface area (Å²) < 4.78 is 2.17. The van der Waals surface area contributed by atoms with E-state index in [9.17, 15) is 4.79 Å². The average molecular weight is 287 g/mol. The minimum absolute atomic E-state index is 0.0218. The van der Waals surface area contributed by atoms with Crippen molar-refractivity contribution >= 4 is 16.8 Å². The van der Waals surface area contributed by atoms with Crippen molar-refractivity contribution in [2.75, 3.05) is 0 Å². The van der Waals surface area contributed by atoms with E-state index in [1.165, 1.54) is 0 Å². The molecule has 2 rings (SSSR count). The van der Waals surface area contributed by atoms with Crippen LogP contribution in [0.3, 0.4) is 0 Å². The fourth-order valence-electron chi connectivity index (χ4n) is 2.75. The number of hydrogen-bond donors (Lipinski definition) is 1. The first-order valence-electron chi connectivity index (χ1n) is 7.87. The van der Waals surface area contributed by atoms with E-state index in [-0.39, 0.29) is 11.8 Å². The van der Waals surface area contributed by atoms with Gasteiger partial charge in [0, 0.05) is 19.0 Å². The lowest BCUT2D eigenvalue weighted by atomic mass is 10.0. The number of hydrogen-bond acceptors (Lipinski definition) is 3. The Morgan fingerprint density at radius 1 is 1.29 bits per heavy atom. The zero-order chi connectivity index (χ0) is 15.2. The molecule has 0 bridgehead atoms. The summed E-state index contributed by atoms with van der Waals surface area (Å²) >= 11 is 0. The molecule has 1 unspecified atom stereocenters. The van der Waals surface area contributed by atoms with E-state index in [4.69, 9.17) is 5.73 Å². The van der Waals surface area contributed by atoms with Crippen LogP contribution < -0.4 is 5.73 Å². The molecule has 0 radical (unpaired) electrons. The second-order valence-corrected chi connectivity index (χ2v) is 5.64. The first-order chi connectivity index (χ1) is 10.2. The van der Waals surface area contributed by atoms with E-state index in [1.54, 1.807) is 0 Å². The number of rotatable bonds is 8. The minimum atomic E-state index is -0.0218. The van der Waals surface area contributed by atoms with E-state index < -0.39 is 0 Å². The summed E-state index contributed by atoms with van der Waals surface area (Å²) in [5.41, 5.74) is 8.04. The van der Waals surface area contributed by atoms with Gasteiger partial charge in [0.2, 0.25) is 0 Å². The first kappa shape index (κ1) is 15.7. The van der Waals surface area contributed by atoms with E-state index >= 15 is 0 Å². The smallest absolute Gasteiger partial charge is 0.141 e. The molecule has 0 aliphatic heterocycles. The number of para-hydroxylation sites is 2. The third-order valence-electron chi connectivity index (χ3n) is 3.69. The molecule has 0 saturated heterocycles. The molecule has 0 amide bonds. The van der Waals surface area contributed by atoms with Gasteiger partial charge < -0.3 is 10.3 Å². The lowest BCUT2D eigenvalue weighted by molar-refractivity contribution is -0.118. The number of nitrogens with zero attached hydrogens (tertiary/aromatic N) is 2. The Kier molecular flexibility index (Phi) is 5.51. The number of fused-ring (bicyclic) bond motifs is 1. The molecule has 21 heavy (non-hydrogen) atoms. The molecule has 0 aliphatic carbocycles. The highest BCUT2D eigenvalue weighted by molar-refractivity contribution is 5.83. The first-order valence-corrected chi connectivity index (χ1v) is 7.87. The van der Waals surface area contributed by atoms with Crippen LogP contribution in [0.25, 0.3) is 11.0 Å². The van der Waals surface area contributed by atoms with Crippen molar-refractivity contribution in [3.8, 4) is 0 Å². The van der Waals surface area contributed by atoms with Crippen molar-refractivity contribution in [1.29, 1.82) is 0 Å². The van der Waals surface area contributed by atoms with Gasteiger partial charge in [0.1, 0.15) is 11.6 Å². The summed E-state index contributed by atoms with van der Waals surface area (Å²) in [4.78, 5) is 16.8. The maximum atomic E-state index is 12.2. The van der Waals surface area contributed by atoms with Crippen molar-refractivity contribution in [3.63, 3.8) is 0 Å². The van der Waals surface area contributed by atoms with Crippen LogP contribution >= 0.6 is 0 Å². The summed E-state index contributed by atoms with van der Waals surface area (Å²) in [7, 11) is 0. The Balaban J connectivity index is 2.17. The molecule has 1 atom stereocenters. The minimum Gasteiger partial charge on any atom is -0.328 e. The van der Waals surface area contributed by atoms with Gasteiger partial charge in [-0.3, -0.25) is 4.79 Å². The molecule has 4 heteroatoms. The zero-order valence-corrected chi connectivity index (χ0v) is 13.0. The third kappa shape index (κ3) is 3.91. The van der Waals surface area contributed by atoms with Crippen molar-refractivity contribution in [3.05, 3.63) is 30.1 Å². The van der Waals surface area contributed by atoms with Crippen LogP contribution in [-0.4, -0.2) is 21.4 Å². The molecule has 2 aromatic rings. The van der Waals surface area contributed by atoms with Crippen molar-refractivity contribution in [2.45, 2.75) is 58.5 Å². The van der Waals surface area contributed by atoms with Gasteiger partial charge in [-0.15, -0.1) is 0 Å². The molecular formula is C17H25N3O. The molecule has 1 aromatic heterocycles. The summed E-state index contributed by atoms with van der Waals surface area (Å²) in [6.07, 6.45) is 3.77. The normalized spacial score (nSPS) is 12.7. The fourth-order valence-corrected chi connectivity index (χ4v) is 2.75. The molecule has 4 nitrogen and oxygen atoms in total. The van der Waals surface area contributed by atoms with Crippen LogP contribution in [0.2, 0.25) is 0 Å². The maximum Gasteiger partial charge on any atom is 0.141 e. The number of Topliss-reactive ketones (excluding diaryl/α,β-unsaturated/α-hetero) is 1. The number of aromatic nitrogens is 2. The highest BCUT2D eigenvalue weighted by Crippen LogP contribution is 2.17. The molecule has 0 saturated carbocycles. The summed E-state index contributed by atoms with van der Waals surface area (Å²) in [6.45, 7) is 5.12. The van der Waals surface area contributed by atoms with Gasteiger partial charge in [0.25, 0.3) is 0 Å². The number of imidazole rings is 1. The van der Waals surface area contributed by atoms with E-state index in [1.807, 2.05) is 18.2 Å². The Bertz CT molecular complexity index is 603. The van der Waals surface area contributed by atoms with E-state index in [2.05, 4.69) is 29.5 Å². The van der Waals surface area contributed by atoms with Crippen molar-refractivity contribution < 1.29 is 4.79 Å². The maximum absolute atomic E-state index is 12.2. The van der Waals surface area contributed by atoms with Crippen LogP contribution in [0.1, 0.15) is 45.4 Å². The molecule has 2 N–H and O–H groups in total. The third-order valence-corrected chi connectivity index (χ3v) is 3.69. The molecular weight excluding hydrogens is 262 g/mol. The molecule has 0 fully saturated rings. The summed E-state index contributed by atoms with van der Waals surface area (Å²) in [5, 5.41) is 0. The lowest BCUT2D eigenvalue weighted by Gasteiger charge is -2.10. The van der Waals surface area contributed by atoms with E-state index in [0.29, 0.717) is 12.8 Å². The number of carbonyl (C=O) groups is 1. The number of aryl methyl sites for hydroxylation is 1. The molecule has 1 heterocycles. The molecule has 114 valence electrons. The predicted octanol–water partition coefficient (Wildman–Crippen LogP) is 3.08. The number of nitrogens with two attached hydrogens (primary N) is 1. The molecule has 0 spiro atoms. The van der Waals surface area contributed by atoms with Crippen LogP contribution in [-0.2, 0) is 17.8 Å². The van der Waals surface area contributed by atoms with Gasteiger partial charge in [-0.25, -0.2) is 4.98 Å². The monoisotopic (exact) mass is 287 g/mol.